The molecule has 106 valence electrons. The number of aromatic nitrogens is 2. The second-order valence-electron chi connectivity index (χ2n) is 5.40. The van der Waals surface area contributed by atoms with Crippen molar-refractivity contribution in [2.75, 3.05) is 5.73 Å². The Morgan fingerprint density at radius 2 is 1.76 bits per heavy atom. The van der Waals surface area contributed by atoms with Crippen molar-refractivity contribution in [3.05, 3.63) is 48.0 Å². The first kappa shape index (κ1) is 12.3. The zero-order chi connectivity index (χ0) is 14.6. The van der Waals surface area contributed by atoms with E-state index in [1.807, 2.05) is 4.57 Å². The lowest BCUT2D eigenvalue weighted by molar-refractivity contribution is 0.628. The highest BCUT2D eigenvalue weighted by Gasteiger charge is 2.29. The largest absolute Gasteiger partial charge is 0.398 e. The van der Waals surface area contributed by atoms with Crippen LogP contribution in [0, 0.1) is 11.6 Å². The van der Waals surface area contributed by atoms with Crippen LogP contribution in [0.15, 0.2) is 36.4 Å². The van der Waals surface area contributed by atoms with Gasteiger partial charge >= 0.3 is 0 Å². The topological polar surface area (TPSA) is 43.8 Å². The normalized spacial score (nSPS) is 14.8. The van der Waals surface area contributed by atoms with Crippen LogP contribution in [0.3, 0.4) is 0 Å². The summed E-state index contributed by atoms with van der Waals surface area (Å²) < 4.78 is 29.0. The zero-order valence-electron chi connectivity index (χ0n) is 11.2. The minimum atomic E-state index is -0.361. The number of halogens is 2. The summed E-state index contributed by atoms with van der Waals surface area (Å²) in [6, 6.07) is 9.10. The fourth-order valence-electron chi connectivity index (χ4n) is 2.69. The molecule has 5 heteroatoms. The first-order chi connectivity index (χ1) is 10.1. The van der Waals surface area contributed by atoms with Gasteiger partial charge in [-0.05, 0) is 43.2 Å². The van der Waals surface area contributed by atoms with Gasteiger partial charge in [0.05, 0.1) is 11.0 Å². The monoisotopic (exact) mass is 285 g/mol. The first-order valence-electron chi connectivity index (χ1n) is 6.86. The Morgan fingerprint density at radius 1 is 1.05 bits per heavy atom. The second-order valence-corrected chi connectivity index (χ2v) is 5.40. The Morgan fingerprint density at radius 3 is 2.52 bits per heavy atom. The number of hydrogen-bond donors (Lipinski definition) is 1. The van der Waals surface area contributed by atoms with E-state index >= 15 is 0 Å². The molecule has 1 saturated carbocycles. The van der Waals surface area contributed by atoms with Crippen molar-refractivity contribution in [1.82, 2.24) is 9.55 Å². The maximum atomic E-state index is 13.5. The third-order valence-electron chi connectivity index (χ3n) is 3.82. The molecule has 21 heavy (non-hydrogen) atoms. The third-order valence-corrected chi connectivity index (χ3v) is 3.82. The molecule has 0 bridgehead atoms. The highest BCUT2D eigenvalue weighted by Crippen LogP contribution is 2.42. The average molecular weight is 285 g/mol. The van der Waals surface area contributed by atoms with Crippen molar-refractivity contribution < 1.29 is 8.78 Å². The number of nitrogens with zero attached hydrogens (tertiary/aromatic N) is 2. The van der Waals surface area contributed by atoms with Crippen LogP contribution < -0.4 is 5.73 Å². The molecule has 0 unspecified atom stereocenters. The van der Waals surface area contributed by atoms with E-state index in [1.165, 1.54) is 30.3 Å². The van der Waals surface area contributed by atoms with E-state index in [1.54, 1.807) is 6.07 Å². The summed E-state index contributed by atoms with van der Waals surface area (Å²) >= 11 is 0. The van der Waals surface area contributed by atoms with Crippen LogP contribution in [-0.4, -0.2) is 9.55 Å². The van der Waals surface area contributed by atoms with Crippen molar-refractivity contribution >= 4 is 16.7 Å². The average Bonchev–Trinajstić information content (AvgIpc) is 3.22. The summed E-state index contributed by atoms with van der Waals surface area (Å²) in [5.41, 5.74) is 8.42. The van der Waals surface area contributed by atoms with Crippen LogP contribution in [0.5, 0.6) is 0 Å². The van der Waals surface area contributed by atoms with E-state index in [-0.39, 0.29) is 11.6 Å². The molecule has 1 heterocycles. The molecule has 0 aliphatic heterocycles. The van der Waals surface area contributed by atoms with Gasteiger partial charge in [0.25, 0.3) is 0 Å². The van der Waals surface area contributed by atoms with Crippen molar-refractivity contribution in [3.8, 4) is 11.4 Å². The van der Waals surface area contributed by atoms with Gasteiger partial charge in [-0.25, -0.2) is 13.8 Å². The van der Waals surface area contributed by atoms with Gasteiger partial charge in [-0.3, -0.25) is 0 Å². The fraction of sp³-hybridized carbons (Fsp3) is 0.188. The zero-order valence-corrected chi connectivity index (χ0v) is 11.2. The molecule has 0 amide bonds. The van der Waals surface area contributed by atoms with Gasteiger partial charge in [0.1, 0.15) is 17.5 Å². The highest BCUT2D eigenvalue weighted by atomic mass is 19.1. The van der Waals surface area contributed by atoms with Crippen molar-refractivity contribution in [1.29, 1.82) is 0 Å². The molecule has 0 atom stereocenters. The van der Waals surface area contributed by atoms with Gasteiger partial charge in [0.2, 0.25) is 0 Å². The predicted octanol–water partition coefficient (Wildman–Crippen LogP) is 3.90. The van der Waals surface area contributed by atoms with Gasteiger partial charge in [-0.15, -0.1) is 0 Å². The minimum absolute atomic E-state index is 0.332. The van der Waals surface area contributed by atoms with E-state index in [2.05, 4.69) is 4.98 Å². The van der Waals surface area contributed by atoms with Crippen LogP contribution in [0.2, 0.25) is 0 Å². The Labute approximate surface area is 120 Å². The smallest absolute Gasteiger partial charge is 0.143 e. The molecule has 1 aliphatic carbocycles. The molecule has 1 aromatic heterocycles. The Hall–Kier alpha value is -2.43. The molecule has 0 saturated heterocycles. The molecule has 0 spiro atoms. The second kappa shape index (κ2) is 4.28. The maximum absolute atomic E-state index is 13.5. The van der Waals surface area contributed by atoms with E-state index in [0.717, 1.165) is 18.4 Å². The summed E-state index contributed by atoms with van der Waals surface area (Å²) in [4.78, 5) is 4.48. The minimum Gasteiger partial charge on any atom is -0.398 e. The Bertz CT molecular complexity index is 850. The van der Waals surface area contributed by atoms with Crippen LogP contribution >= 0.6 is 0 Å². The molecular formula is C16H13F2N3. The molecule has 1 aliphatic rings. The number of imidazole rings is 1. The lowest BCUT2D eigenvalue weighted by Gasteiger charge is -2.09. The number of anilines is 1. The number of fused-ring (bicyclic) bond motifs is 1. The number of nitrogens with two attached hydrogens (primary N) is 1. The number of benzene rings is 2. The molecule has 2 aromatic carbocycles. The maximum Gasteiger partial charge on any atom is 0.143 e. The van der Waals surface area contributed by atoms with E-state index in [9.17, 15) is 8.78 Å². The standard InChI is InChI=1S/C16H13F2N3/c17-9-1-5-13(19)12(7-9)16-20-14-8-10(18)2-6-15(14)21(16)11-3-4-11/h1-2,5-8,11H,3-4,19H2. The molecule has 3 nitrogen and oxygen atoms in total. The first-order valence-corrected chi connectivity index (χ1v) is 6.86. The van der Waals surface area contributed by atoms with Crippen LogP contribution in [-0.2, 0) is 0 Å². The number of nitrogen functional groups attached to an aromatic ring is 1. The molecule has 0 radical (unpaired) electrons. The molecule has 3 aromatic rings. The van der Waals surface area contributed by atoms with Gasteiger partial charge in [-0.1, -0.05) is 0 Å². The van der Waals surface area contributed by atoms with Gasteiger partial charge < -0.3 is 10.3 Å². The summed E-state index contributed by atoms with van der Waals surface area (Å²) in [6.45, 7) is 0. The lowest BCUT2D eigenvalue weighted by Crippen LogP contribution is -2.00. The molecule has 1 fully saturated rings. The Kier molecular flexibility index (Phi) is 2.51. The SMILES string of the molecule is Nc1ccc(F)cc1-c1nc2cc(F)ccc2n1C1CC1. The lowest BCUT2D eigenvalue weighted by atomic mass is 10.1. The summed E-state index contributed by atoms with van der Waals surface area (Å²) in [6.07, 6.45) is 2.09. The fourth-order valence-corrected chi connectivity index (χ4v) is 2.69. The Balaban J connectivity index is 2.03. The van der Waals surface area contributed by atoms with Gasteiger partial charge in [0, 0.05) is 23.4 Å². The van der Waals surface area contributed by atoms with Crippen molar-refractivity contribution in [3.63, 3.8) is 0 Å². The van der Waals surface area contributed by atoms with Crippen molar-refractivity contribution in [2.24, 2.45) is 0 Å². The number of rotatable bonds is 2. The quantitative estimate of drug-likeness (QED) is 0.726. The molecular weight excluding hydrogens is 272 g/mol. The predicted molar refractivity (Wildman–Crippen MR) is 77.8 cm³/mol. The van der Waals surface area contributed by atoms with Gasteiger partial charge in [0.15, 0.2) is 0 Å². The summed E-state index contributed by atoms with van der Waals surface area (Å²) in [5, 5.41) is 0. The summed E-state index contributed by atoms with van der Waals surface area (Å²) in [7, 11) is 0. The highest BCUT2D eigenvalue weighted by molar-refractivity contribution is 5.84. The van der Waals surface area contributed by atoms with Crippen LogP contribution in [0.1, 0.15) is 18.9 Å². The van der Waals surface area contributed by atoms with Gasteiger partial charge in [-0.2, -0.15) is 0 Å². The third kappa shape index (κ3) is 1.96. The summed E-state index contributed by atoms with van der Waals surface area (Å²) in [5.74, 6) is -0.0865. The number of hydrogen-bond acceptors (Lipinski definition) is 2. The molecule has 2 N–H and O–H groups in total. The van der Waals surface area contributed by atoms with Crippen molar-refractivity contribution in [2.45, 2.75) is 18.9 Å². The van der Waals surface area contributed by atoms with E-state index in [0.29, 0.717) is 28.6 Å². The van der Waals surface area contributed by atoms with E-state index in [4.69, 9.17) is 5.73 Å². The van der Waals surface area contributed by atoms with E-state index < -0.39 is 0 Å². The molecule has 4 rings (SSSR count). The van der Waals surface area contributed by atoms with Crippen LogP contribution in [0.4, 0.5) is 14.5 Å². The van der Waals surface area contributed by atoms with Crippen LogP contribution in [0.25, 0.3) is 22.4 Å².